The maximum absolute atomic E-state index is 12.9. The summed E-state index contributed by atoms with van der Waals surface area (Å²) in [6, 6.07) is 18.4. The van der Waals surface area contributed by atoms with Gasteiger partial charge in [-0.3, -0.25) is 10.1 Å². The highest BCUT2D eigenvalue weighted by Crippen LogP contribution is 2.44. The molecule has 4 aromatic rings. The van der Waals surface area contributed by atoms with Crippen LogP contribution in [0.3, 0.4) is 0 Å². The zero-order chi connectivity index (χ0) is 25.6. The van der Waals surface area contributed by atoms with Gasteiger partial charge in [0.2, 0.25) is 11.6 Å². The molecule has 3 aromatic carbocycles. The standard InChI is InChI=1S/C27H19N3O6/c1-14-6-8-19-15(2)25(35-22(19)10-14)27(31)34-18-7-9-20-23(12-18)36-26(29)21(13-28)24(20)16-4-3-5-17(11-16)30(32)33/h3-12,24H,29H2,1-2H3. The summed E-state index contributed by atoms with van der Waals surface area (Å²) in [5.74, 6) is -0.952. The van der Waals surface area contributed by atoms with Gasteiger partial charge in [0.05, 0.1) is 10.8 Å². The number of nitrogens with two attached hydrogens (primary N) is 1. The molecule has 2 N–H and O–H groups in total. The lowest BCUT2D eigenvalue weighted by molar-refractivity contribution is -0.384. The van der Waals surface area contributed by atoms with Gasteiger partial charge >= 0.3 is 5.97 Å². The number of allylic oxidation sites excluding steroid dienone is 1. The van der Waals surface area contributed by atoms with Crippen LogP contribution in [0.2, 0.25) is 0 Å². The third-order valence-electron chi connectivity index (χ3n) is 6.09. The van der Waals surface area contributed by atoms with E-state index in [4.69, 9.17) is 19.6 Å². The molecule has 0 aliphatic carbocycles. The largest absolute Gasteiger partial charge is 0.449 e. The molecule has 1 aliphatic heterocycles. The van der Waals surface area contributed by atoms with E-state index in [0.717, 1.165) is 10.9 Å². The van der Waals surface area contributed by atoms with Crippen LogP contribution in [-0.2, 0) is 0 Å². The second-order valence-electron chi connectivity index (χ2n) is 8.42. The van der Waals surface area contributed by atoms with Crippen LogP contribution in [0.25, 0.3) is 11.0 Å². The number of nitro benzene ring substituents is 1. The van der Waals surface area contributed by atoms with Crippen LogP contribution in [0.15, 0.2) is 76.5 Å². The second-order valence-corrected chi connectivity index (χ2v) is 8.42. The number of furan rings is 1. The number of non-ortho nitro benzene ring substituents is 1. The molecule has 1 unspecified atom stereocenters. The molecule has 1 atom stereocenters. The number of nitro groups is 1. The van der Waals surface area contributed by atoms with Crippen molar-refractivity contribution in [3.63, 3.8) is 0 Å². The number of fused-ring (bicyclic) bond motifs is 2. The molecule has 0 radical (unpaired) electrons. The van der Waals surface area contributed by atoms with Crippen LogP contribution in [0.4, 0.5) is 5.69 Å². The summed E-state index contributed by atoms with van der Waals surface area (Å²) in [7, 11) is 0. The summed E-state index contributed by atoms with van der Waals surface area (Å²) in [4.78, 5) is 23.7. The fraction of sp³-hybridized carbons (Fsp3) is 0.111. The molecule has 2 heterocycles. The molecule has 9 nitrogen and oxygen atoms in total. The first-order valence-corrected chi connectivity index (χ1v) is 10.9. The lowest BCUT2D eigenvalue weighted by Gasteiger charge is -2.26. The van der Waals surface area contributed by atoms with E-state index in [-0.39, 0.29) is 34.4 Å². The predicted molar refractivity (Wildman–Crippen MR) is 129 cm³/mol. The van der Waals surface area contributed by atoms with Crippen molar-refractivity contribution in [1.82, 2.24) is 0 Å². The number of aryl methyl sites for hydroxylation is 2. The monoisotopic (exact) mass is 481 g/mol. The highest BCUT2D eigenvalue weighted by Gasteiger charge is 2.32. The number of ether oxygens (including phenoxy) is 2. The molecular weight excluding hydrogens is 462 g/mol. The minimum atomic E-state index is -0.691. The Morgan fingerprint density at radius 3 is 2.69 bits per heavy atom. The highest BCUT2D eigenvalue weighted by molar-refractivity contribution is 5.97. The van der Waals surface area contributed by atoms with Gasteiger partial charge in [-0.25, -0.2) is 4.79 Å². The van der Waals surface area contributed by atoms with Crippen molar-refractivity contribution in [2.75, 3.05) is 0 Å². The van der Waals surface area contributed by atoms with Crippen LogP contribution in [0, 0.1) is 35.3 Å². The van der Waals surface area contributed by atoms with Crippen molar-refractivity contribution in [2.45, 2.75) is 19.8 Å². The average Bonchev–Trinajstić information content (AvgIpc) is 3.18. The van der Waals surface area contributed by atoms with E-state index in [2.05, 4.69) is 0 Å². The quantitative estimate of drug-likeness (QED) is 0.177. The molecule has 0 spiro atoms. The molecule has 0 saturated carbocycles. The van der Waals surface area contributed by atoms with Gasteiger partial charge in [0, 0.05) is 34.7 Å². The Bertz CT molecular complexity index is 1640. The Morgan fingerprint density at radius 2 is 1.94 bits per heavy atom. The highest BCUT2D eigenvalue weighted by atomic mass is 16.6. The molecule has 0 bridgehead atoms. The average molecular weight is 481 g/mol. The first-order valence-electron chi connectivity index (χ1n) is 10.9. The summed E-state index contributed by atoms with van der Waals surface area (Å²) in [5.41, 5.74) is 9.36. The molecule has 1 aliphatic rings. The number of carbonyl (C=O) groups is 1. The Hall–Kier alpha value is -5.10. The minimum Gasteiger partial charge on any atom is -0.449 e. The molecule has 5 rings (SSSR count). The third-order valence-corrected chi connectivity index (χ3v) is 6.09. The predicted octanol–water partition coefficient (Wildman–Crippen LogP) is 5.40. The molecule has 9 heteroatoms. The molecular formula is C27H19N3O6. The summed E-state index contributed by atoms with van der Waals surface area (Å²) in [5, 5.41) is 21.8. The fourth-order valence-corrected chi connectivity index (χ4v) is 4.34. The molecule has 178 valence electrons. The Kier molecular flexibility index (Phi) is 5.42. The van der Waals surface area contributed by atoms with E-state index in [1.54, 1.807) is 31.2 Å². The van der Waals surface area contributed by atoms with E-state index in [1.165, 1.54) is 18.2 Å². The van der Waals surface area contributed by atoms with Crippen molar-refractivity contribution in [2.24, 2.45) is 5.73 Å². The van der Waals surface area contributed by atoms with Gasteiger partial charge in [0.1, 0.15) is 28.7 Å². The van der Waals surface area contributed by atoms with Crippen LogP contribution >= 0.6 is 0 Å². The molecule has 0 amide bonds. The van der Waals surface area contributed by atoms with Crippen LogP contribution < -0.4 is 15.2 Å². The van der Waals surface area contributed by atoms with Crippen molar-refractivity contribution in [3.05, 3.63) is 110 Å². The first-order chi connectivity index (χ1) is 17.3. The Balaban J connectivity index is 1.50. The molecule has 0 fully saturated rings. The number of carbonyl (C=O) groups excluding carboxylic acids is 1. The smallest absolute Gasteiger partial charge is 0.379 e. The van der Waals surface area contributed by atoms with Gasteiger partial charge in [0.15, 0.2) is 0 Å². The lowest BCUT2D eigenvalue weighted by atomic mass is 9.83. The van der Waals surface area contributed by atoms with Crippen molar-refractivity contribution in [1.29, 1.82) is 5.26 Å². The van der Waals surface area contributed by atoms with Gasteiger partial charge in [0.25, 0.3) is 5.69 Å². The fourth-order valence-electron chi connectivity index (χ4n) is 4.34. The number of rotatable bonds is 4. The van der Waals surface area contributed by atoms with E-state index < -0.39 is 16.8 Å². The third kappa shape index (κ3) is 3.80. The normalized spacial score (nSPS) is 14.6. The van der Waals surface area contributed by atoms with E-state index in [9.17, 15) is 20.2 Å². The second kappa shape index (κ2) is 8.60. The number of nitrogens with zero attached hydrogens (tertiary/aromatic N) is 2. The zero-order valence-corrected chi connectivity index (χ0v) is 19.3. The maximum atomic E-state index is 12.9. The maximum Gasteiger partial charge on any atom is 0.379 e. The Morgan fingerprint density at radius 1 is 1.14 bits per heavy atom. The zero-order valence-electron chi connectivity index (χ0n) is 19.3. The lowest BCUT2D eigenvalue weighted by Crippen LogP contribution is -2.21. The van der Waals surface area contributed by atoms with E-state index >= 15 is 0 Å². The summed E-state index contributed by atoms with van der Waals surface area (Å²) in [6.07, 6.45) is 0. The van der Waals surface area contributed by atoms with Gasteiger partial charge in [-0.1, -0.05) is 30.3 Å². The van der Waals surface area contributed by atoms with E-state index in [0.29, 0.717) is 22.3 Å². The molecule has 36 heavy (non-hydrogen) atoms. The molecule has 1 aromatic heterocycles. The summed E-state index contributed by atoms with van der Waals surface area (Å²) >= 11 is 0. The Labute approximate surface area is 205 Å². The first kappa shape index (κ1) is 22.7. The number of benzene rings is 3. The van der Waals surface area contributed by atoms with Crippen molar-refractivity contribution in [3.8, 4) is 17.6 Å². The van der Waals surface area contributed by atoms with Crippen LogP contribution in [-0.4, -0.2) is 10.9 Å². The van der Waals surface area contributed by atoms with Gasteiger partial charge < -0.3 is 19.6 Å². The van der Waals surface area contributed by atoms with Gasteiger partial charge in [-0.05, 0) is 37.1 Å². The van der Waals surface area contributed by atoms with Crippen molar-refractivity contribution < 1.29 is 23.6 Å². The number of hydrogen-bond acceptors (Lipinski definition) is 8. The van der Waals surface area contributed by atoms with E-state index in [1.807, 2.05) is 31.2 Å². The SMILES string of the molecule is Cc1ccc2c(C)c(C(=O)Oc3ccc4c(c3)OC(N)=C(C#N)C4c3cccc([N+](=O)[O-])c3)oc2c1. The van der Waals surface area contributed by atoms with Crippen molar-refractivity contribution >= 4 is 22.6 Å². The number of nitriles is 1. The van der Waals surface area contributed by atoms with Crippen LogP contribution in [0.5, 0.6) is 11.5 Å². The summed E-state index contributed by atoms with van der Waals surface area (Å²) < 4.78 is 17.0. The minimum absolute atomic E-state index is 0.0925. The molecule has 0 saturated heterocycles. The summed E-state index contributed by atoms with van der Waals surface area (Å²) in [6.45, 7) is 3.72. The topological polar surface area (TPSA) is 142 Å². The number of hydrogen-bond donors (Lipinski definition) is 1. The van der Waals surface area contributed by atoms with Gasteiger partial charge in [-0.2, -0.15) is 5.26 Å². The number of esters is 1. The van der Waals surface area contributed by atoms with Gasteiger partial charge in [-0.15, -0.1) is 0 Å². The van der Waals surface area contributed by atoms with Crippen LogP contribution in [0.1, 0.15) is 38.7 Å².